The first-order chi connectivity index (χ1) is 17.0. The van der Waals surface area contributed by atoms with E-state index in [4.69, 9.17) is 7.26 Å². The zero-order valence-corrected chi connectivity index (χ0v) is 18.8. The molecule has 0 radical (unpaired) electrons. The molecule has 1 aliphatic carbocycles. The third-order valence-electron chi connectivity index (χ3n) is 6.44. The van der Waals surface area contributed by atoms with E-state index in [1.165, 1.54) is 16.7 Å². The van der Waals surface area contributed by atoms with Crippen molar-refractivity contribution >= 4 is 17.0 Å². The summed E-state index contributed by atoms with van der Waals surface area (Å²) in [5.41, 5.74) is 4.61. The number of hydrogen-bond donors (Lipinski definition) is 1. The standard InChI is InChI=1S/C26H25F2N3O3/c1-15-23(16(2)34-30-15)20-11-22-24(29-12-20)21(18-3-5-19(6-4-18)25(32)33)14-31(22)13-17-7-9-26(27,28)10-8-17/h3-6,11-12,14,17H,7-10,13H2,1-2H3,(H,32,33)/i13D2. The van der Waals surface area contributed by atoms with Gasteiger partial charge in [-0.2, -0.15) is 0 Å². The number of hydrogen-bond acceptors (Lipinski definition) is 4. The number of carbonyl (C=O) groups is 1. The highest BCUT2D eigenvalue weighted by atomic mass is 19.3. The SMILES string of the molecule is [2H]C([2H])(C1CCC(F)(F)CC1)n1cc(-c2ccc(C(=O)O)cc2)c2ncc(-c3c(C)noc3C)cc21. The first-order valence-corrected chi connectivity index (χ1v) is 11.1. The summed E-state index contributed by atoms with van der Waals surface area (Å²) in [5, 5.41) is 13.2. The number of carboxylic acids is 1. The van der Waals surface area contributed by atoms with Crippen molar-refractivity contribution in [1.82, 2.24) is 14.7 Å². The highest BCUT2D eigenvalue weighted by Crippen LogP contribution is 2.39. The summed E-state index contributed by atoms with van der Waals surface area (Å²) in [6, 6.07) is 8.10. The van der Waals surface area contributed by atoms with Gasteiger partial charge in [-0.1, -0.05) is 17.3 Å². The van der Waals surface area contributed by atoms with E-state index in [1.54, 1.807) is 31.5 Å². The summed E-state index contributed by atoms with van der Waals surface area (Å²) < 4.78 is 52.5. The molecule has 4 aromatic rings. The molecule has 3 aromatic heterocycles. The molecular formula is C26H25F2N3O3. The van der Waals surface area contributed by atoms with E-state index >= 15 is 0 Å². The first kappa shape index (κ1) is 19.9. The molecule has 1 aromatic carbocycles. The lowest BCUT2D eigenvalue weighted by Crippen LogP contribution is -2.26. The van der Waals surface area contributed by atoms with E-state index in [0.717, 1.165) is 5.56 Å². The number of halogens is 2. The van der Waals surface area contributed by atoms with Crippen molar-refractivity contribution in [3.63, 3.8) is 0 Å². The van der Waals surface area contributed by atoms with Crippen LogP contribution in [0.25, 0.3) is 33.3 Å². The van der Waals surface area contributed by atoms with Crippen molar-refractivity contribution in [3.8, 4) is 22.3 Å². The number of alkyl halides is 2. The van der Waals surface area contributed by atoms with Crippen LogP contribution >= 0.6 is 0 Å². The Kier molecular flexibility index (Phi) is 4.88. The van der Waals surface area contributed by atoms with Gasteiger partial charge in [0.25, 0.3) is 0 Å². The number of carboxylic acid groups (broad SMARTS) is 1. The number of pyridine rings is 1. The average Bonchev–Trinajstić information content (AvgIpc) is 3.38. The molecule has 34 heavy (non-hydrogen) atoms. The Labute approximate surface area is 198 Å². The van der Waals surface area contributed by atoms with Gasteiger partial charge in [0.05, 0.1) is 25.0 Å². The number of rotatable bonds is 5. The largest absolute Gasteiger partial charge is 0.478 e. The van der Waals surface area contributed by atoms with Gasteiger partial charge < -0.3 is 14.2 Å². The van der Waals surface area contributed by atoms with Gasteiger partial charge in [0, 0.05) is 48.4 Å². The predicted molar refractivity (Wildman–Crippen MR) is 124 cm³/mol. The molecule has 176 valence electrons. The minimum atomic E-state index is -2.76. The smallest absolute Gasteiger partial charge is 0.335 e. The van der Waals surface area contributed by atoms with Crippen molar-refractivity contribution in [2.45, 2.75) is 52.0 Å². The second kappa shape index (κ2) is 8.34. The summed E-state index contributed by atoms with van der Waals surface area (Å²) in [6.07, 6.45) is 2.77. The minimum absolute atomic E-state index is 0.0688. The van der Waals surface area contributed by atoms with Crippen LogP contribution in [0.2, 0.25) is 0 Å². The Balaban J connectivity index is 1.68. The van der Waals surface area contributed by atoms with Crippen molar-refractivity contribution < 1.29 is 25.9 Å². The molecule has 0 bridgehead atoms. The third-order valence-corrected chi connectivity index (χ3v) is 6.44. The van der Waals surface area contributed by atoms with Gasteiger partial charge in [-0.15, -0.1) is 0 Å². The number of aromatic carboxylic acids is 1. The van der Waals surface area contributed by atoms with Crippen LogP contribution in [0.1, 0.15) is 50.2 Å². The van der Waals surface area contributed by atoms with Crippen LogP contribution in [-0.2, 0) is 6.50 Å². The molecule has 0 unspecified atom stereocenters. The molecule has 0 saturated heterocycles. The molecule has 1 fully saturated rings. The minimum Gasteiger partial charge on any atom is -0.478 e. The van der Waals surface area contributed by atoms with Crippen LogP contribution in [-0.4, -0.2) is 31.7 Å². The fraction of sp³-hybridized carbons (Fsp3) is 0.346. The molecular weight excluding hydrogens is 440 g/mol. The summed E-state index contributed by atoms with van der Waals surface area (Å²) in [5.74, 6) is -3.80. The van der Waals surface area contributed by atoms with Gasteiger partial charge in [-0.05, 0) is 56.4 Å². The number of aromatic nitrogens is 3. The maximum atomic E-state index is 13.8. The third kappa shape index (κ3) is 4.08. The van der Waals surface area contributed by atoms with Crippen molar-refractivity contribution in [2.75, 3.05) is 0 Å². The first-order valence-electron chi connectivity index (χ1n) is 12.1. The summed E-state index contributed by atoms with van der Waals surface area (Å²) in [6.45, 7) is 1.65. The Bertz CT molecular complexity index is 1430. The molecule has 0 amide bonds. The van der Waals surface area contributed by atoms with E-state index < -0.39 is 24.3 Å². The quantitative estimate of drug-likeness (QED) is 0.362. The predicted octanol–water partition coefficient (Wildman–Crippen LogP) is 6.50. The maximum absolute atomic E-state index is 13.8. The molecule has 0 aliphatic heterocycles. The zero-order valence-electron chi connectivity index (χ0n) is 20.8. The fourth-order valence-electron chi connectivity index (χ4n) is 4.61. The molecule has 1 N–H and O–H groups in total. The lowest BCUT2D eigenvalue weighted by Gasteiger charge is -2.28. The maximum Gasteiger partial charge on any atom is 0.335 e. The van der Waals surface area contributed by atoms with Gasteiger partial charge in [0.2, 0.25) is 5.92 Å². The second-order valence-corrected chi connectivity index (χ2v) is 8.85. The van der Waals surface area contributed by atoms with Crippen molar-refractivity contribution in [2.24, 2.45) is 5.92 Å². The van der Waals surface area contributed by atoms with Gasteiger partial charge in [0.15, 0.2) is 0 Å². The molecule has 3 heterocycles. The number of benzene rings is 1. The van der Waals surface area contributed by atoms with E-state index in [0.29, 0.717) is 39.2 Å². The molecule has 6 nitrogen and oxygen atoms in total. The van der Waals surface area contributed by atoms with Crippen LogP contribution in [0, 0.1) is 19.8 Å². The van der Waals surface area contributed by atoms with Crippen molar-refractivity contribution in [3.05, 3.63) is 59.7 Å². The van der Waals surface area contributed by atoms with Gasteiger partial charge in [0.1, 0.15) is 5.76 Å². The van der Waals surface area contributed by atoms with Crippen LogP contribution in [0.4, 0.5) is 8.78 Å². The van der Waals surface area contributed by atoms with Crippen LogP contribution in [0.15, 0.2) is 47.2 Å². The average molecular weight is 468 g/mol. The molecule has 1 aliphatic rings. The highest BCUT2D eigenvalue weighted by Gasteiger charge is 2.35. The molecule has 0 spiro atoms. The normalized spacial score (nSPS) is 17.5. The van der Waals surface area contributed by atoms with E-state index in [2.05, 4.69) is 10.1 Å². The topological polar surface area (TPSA) is 81.2 Å². The number of fused-ring (bicyclic) bond motifs is 1. The Morgan fingerprint density at radius 2 is 1.94 bits per heavy atom. The van der Waals surface area contributed by atoms with Crippen LogP contribution in [0.3, 0.4) is 0 Å². The zero-order chi connectivity index (χ0) is 25.8. The Hall–Kier alpha value is -3.55. The van der Waals surface area contributed by atoms with E-state index in [-0.39, 0.29) is 31.2 Å². The van der Waals surface area contributed by atoms with Gasteiger partial charge >= 0.3 is 5.97 Å². The molecule has 5 rings (SSSR count). The summed E-state index contributed by atoms with van der Waals surface area (Å²) in [7, 11) is 0. The highest BCUT2D eigenvalue weighted by molar-refractivity contribution is 5.96. The van der Waals surface area contributed by atoms with Crippen molar-refractivity contribution in [1.29, 1.82) is 0 Å². The van der Waals surface area contributed by atoms with Crippen LogP contribution in [0.5, 0.6) is 0 Å². The van der Waals surface area contributed by atoms with Crippen LogP contribution < -0.4 is 0 Å². The van der Waals surface area contributed by atoms with Gasteiger partial charge in [-0.25, -0.2) is 13.6 Å². The molecule has 8 heteroatoms. The fourth-order valence-corrected chi connectivity index (χ4v) is 4.61. The lowest BCUT2D eigenvalue weighted by atomic mass is 9.87. The Morgan fingerprint density at radius 1 is 1.24 bits per heavy atom. The molecule has 0 atom stereocenters. The van der Waals surface area contributed by atoms with E-state index in [9.17, 15) is 18.7 Å². The summed E-state index contributed by atoms with van der Waals surface area (Å²) in [4.78, 5) is 16.0. The monoisotopic (exact) mass is 467 g/mol. The second-order valence-electron chi connectivity index (χ2n) is 8.85. The Morgan fingerprint density at radius 3 is 2.56 bits per heavy atom. The molecule has 1 saturated carbocycles. The van der Waals surface area contributed by atoms with E-state index in [1.807, 2.05) is 13.0 Å². The lowest BCUT2D eigenvalue weighted by molar-refractivity contribution is -0.0472. The van der Waals surface area contributed by atoms with Gasteiger partial charge in [-0.3, -0.25) is 4.98 Å². The number of aryl methyl sites for hydroxylation is 2. The number of nitrogens with zero attached hydrogens (tertiary/aromatic N) is 3. The summed E-state index contributed by atoms with van der Waals surface area (Å²) >= 11 is 0.